The van der Waals surface area contributed by atoms with Gasteiger partial charge in [0, 0.05) is 25.2 Å². The Hall–Kier alpha value is -0.0800. The second-order valence-electron chi connectivity index (χ2n) is 6.47. The summed E-state index contributed by atoms with van der Waals surface area (Å²) < 4.78 is 0. The minimum Gasteiger partial charge on any atom is -0.316 e. The highest BCUT2D eigenvalue weighted by Gasteiger charge is 2.32. The molecule has 0 radical (unpaired) electrons. The summed E-state index contributed by atoms with van der Waals surface area (Å²) in [6.45, 7) is 7.41. The minimum absolute atomic E-state index is 0.720. The molecule has 100 valence electrons. The third-order valence-corrected chi connectivity index (χ3v) is 4.95. The Balaban J connectivity index is 1.95. The molecule has 1 saturated carbocycles. The summed E-state index contributed by atoms with van der Waals surface area (Å²) in [6.07, 6.45) is 8.64. The molecule has 2 aliphatic rings. The topological polar surface area (TPSA) is 15.3 Å². The van der Waals surface area contributed by atoms with E-state index in [2.05, 4.69) is 31.1 Å². The lowest BCUT2D eigenvalue weighted by atomic mass is 9.83. The molecule has 0 aromatic rings. The summed E-state index contributed by atoms with van der Waals surface area (Å²) in [4.78, 5) is 2.80. The maximum absolute atomic E-state index is 3.52. The number of rotatable bonds is 3. The van der Waals surface area contributed by atoms with Gasteiger partial charge < -0.3 is 5.32 Å². The molecule has 1 aliphatic carbocycles. The lowest BCUT2D eigenvalue weighted by Gasteiger charge is -2.44. The van der Waals surface area contributed by atoms with Crippen molar-refractivity contribution in [3.8, 4) is 0 Å². The first-order chi connectivity index (χ1) is 8.20. The van der Waals surface area contributed by atoms with Crippen molar-refractivity contribution in [2.45, 2.75) is 64.5 Å². The van der Waals surface area contributed by atoms with Gasteiger partial charge in [0.1, 0.15) is 0 Å². The van der Waals surface area contributed by atoms with Gasteiger partial charge in [-0.3, -0.25) is 4.90 Å². The molecule has 0 spiro atoms. The molecule has 1 N–H and O–H groups in total. The Morgan fingerprint density at radius 1 is 1.06 bits per heavy atom. The Morgan fingerprint density at radius 2 is 1.76 bits per heavy atom. The Labute approximate surface area is 107 Å². The average molecular weight is 238 g/mol. The van der Waals surface area contributed by atoms with Gasteiger partial charge in [-0.05, 0) is 38.1 Å². The molecule has 2 heteroatoms. The largest absolute Gasteiger partial charge is 0.316 e. The van der Waals surface area contributed by atoms with E-state index in [0.29, 0.717) is 0 Å². The highest BCUT2D eigenvalue weighted by molar-refractivity contribution is 4.88. The van der Waals surface area contributed by atoms with Crippen LogP contribution in [-0.2, 0) is 0 Å². The average Bonchev–Trinajstić information content (AvgIpc) is 2.39. The van der Waals surface area contributed by atoms with Gasteiger partial charge in [0.2, 0.25) is 0 Å². The predicted octanol–water partition coefficient (Wildman–Crippen LogP) is 2.89. The van der Waals surface area contributed by atoms with Crippen LogP contribution in [0.1, 0.15) is 52.4 Å². The summed E-state index contributed by atoms with van der Waals surface area (Å²) in [5.74, 6) is 1.72. The Bertz CT molecular complexity index is 221. The molecule has 2 nitrogen and oxygen atoms in total. The highest BCUT2D eigenvalue weighted by Crippen LogP contribution is 2.29. The van der Waals surface area contributed by atoms with Crippen LogP contribution in [0.2, 0.25) is 0 Å². The van der Waals surface area contributed by atoms with Crippen LogP contribution in [-0.4, -0.2) is 37.1 Å². The van der Waals surface area contributed by atoms with Crippen LogP contribution >= 0.6 is 0 Å². The molecule has 1 heterocycles. The van der Waals surface area contributed by atoms with E-state index >= 15 is 0 Å². The third kappa shape index (κ3) is 3.45. The van der Waals surface area contributed by atoms with Gasteiger partial charge in [-0.15, -0.1) is 0 Å². The summed E-state index contributed by atoms with van der Waals surface area (Å²) in [5, 5.41) is 3.52. The highest BCUT2D eigenvalue weighted by atomic mass is 15.2. The van der Waals surface area contributed by atoms with Gasteiger partial charge in [-0.25, -0.2) is 0 Å². The van der Waals surface area contributed by atoms with E-state index in [1.165, 1.54) is 51.6 Å². The van der Waals surface area contributed by atoms with E-state index in [4.69, 9.17) is 0 Å². The fourth-order valence-corrected chi connectivity index (χ4v) is 3.61. The molecule has 2 rings (SSSR count). The second kappa shape index (κ2) is 6.19. The van der Waals surface area contributed by atoms with Crippen LogP contribution in [0.15, 0.2) is 0 Å². The normalized spacial score (nSPS) is 33.2. The van der Waals surface area contributed by atoms with E-state index in [1.54, 1.807) is 0 Å². The van der Waals surface area contributed by atoms with Crippen molar-refractivity contribution in [3.05, 3.63) is 0 Å². The number of nitrogens with one attached hydrogen (secondary N) is 1. The van der Waals surface area contributed by atoms with Crippen LogP contribution < -0.4 is 5.32 Å². The first kappa shape index (κ1) is 13.4. The van der Waals surface area contributed by atoms with Crippen LogP contribution in [0.4, 0.5) is 0 Å². The zero-order chi connectivity index (χ0) is 12.3. The first-order valence-electron chi connectivity index (χ1n) is 7.62. The SMILES string of the molecule is CNC1CC(C(C)C)CN(C2CCCCC2)C1. The number of nitrogens with zero attached hydrogens (tertiary/aromatic N) is 1. The number of hydrogen-bond donors (Lipinski definition) is 1. The number of piperidine rings is 1. The monoisotopic (exact) mass is 238 g/mol. The smallest absolute Gasteiger partial charge is 0.0195 e. The van der Waals surface area contributed by atoms with Crippen molar-refractivity contribution in [1.82, 2.24) is 10.2 Å². The number of likely N-dealkylation sites (N-methyl/N-ethyl adjacent to an activating group) is 1. The van der Waals surface area contributed by atoms with Crippen LogP contribution in [0.25, 0.3) is 0 Å². The summed E-state index contributed by atoms with van der Waals surface area (Å²) in [5.41, 5.74) is 0. The molecular formula is C15H30N2. The van der Waals surface area contributed by atoms with E-state index in [1.807, 2.05) is 0 Å². The van der Waals surface area contributed by atoms with Crippen molar-refractivity contribution in [2.24, 2.45) is 11.8 Å². The fourth-order valence-electron chi connectivity index (χ4n) is 3.61. The molecule has 0 aromatic carbocycles. The van der Waals surface area contributed by atoms with Crippen molar-refractivity contribution >= 4 is 0 Å². The van der Waals surface area contributed by atoms with Crippen molar-refractivity contribution in [1.29, 1.82) is 0 Å². The van der Waals surface area contributed by atoms with Gasteiger partial charge in [0.05, 0.1) is 0 Å². The molecular weight excluding hydrogens is 208 g/mol. The molecule has 2 fully saturated rings. The third-order valence-electron chi connectivity index (χ3n) is 4.95. The van der Waals surface area contributed by atoms with Crippen molar-refractivity contribution < 1.29 is 0 Å². The Kier molecular flexibility index (Phi) is 4.87. The molecule has 0 amide bonds. The van der Waals surface area contributed by atoms with Crippen LogP contribution in [0.5, 0.6) is 0 Å². The maximum atomic E-state index is 3.52. The molecule has 2 atom stereocenters. The van der Waals surface area contributed by atoms with Crippen LogP contribution in [0, 0.1) is 11.8 Å². The fraction of sp³-hybridized carbons (Fsp3) is 1.00. The first-order valence-corrected chi connectivity index (χ1v) is 7.62. The molecule has 0 bridgehead atoms. The molecule has 1 aliphatic heterocycles. The zero-order valence-electron chi connectivity index (χ0n) is 11.9. The van der Waals surface area contributed by atoms with Crippen molar-refractivity contribution in [2.75, 3.05) is 20.1 Å². The van der Waals surface area contributed by atoms with Gasteiger partial charge >= 0.3 is 0 Å². The molecule has 1 saturated heterocycles. The lowest BCUT2D eigenvalue weighted by Crippen LogP contribution is -2.53. The standard InChI is InChI=1S/C15H30N2/c1-12(2)13-9-14(16-3)11-17(10-13)15-7-5-4-6-8-15/h12-16H,4-11H2,1-3H3. The quantitative estimate of drug-likeness (QED) is 0.813. The van der Waals surface area contributed by atoms with E-state index in [9.17, 15) is 0 Å². The summed E-state index contributed by atoms with van der Waals surface area (Å²) in [6, 6.07) is 1.61. The van der Waals surface area contributed by atoms with Gasteiger partial charge in [0.15, 0.2) is 0 Å². The molecule has 17 heavy (non-hydrogen) atoms. The Morgan fingerprint density at radius 3 is 2.35 bits per heavy atom. The summed E-state index contributed by atoms with van der Waals surface area (Å²) in [7, 11) is 2.13. The van der Waals surface area contributed by atoms with Crippen LogP contribution in [0.3, 0.4) is 0 Å². The summed E-state index contributed by atoms with van der Waals surface area (Å²) >= 11 is 0. The maximum Gasteiger partial charge on any atom is 0.0195 e. The number of likely N-dealkylation sites (tertiary alicyclic amines) is 1. The van der Waals surface area contributed by atoms with Crippen molar-refractivity contribution in [3.63, 3.8) is 0 Å². The van der Waals surface area contributed by atoms with Gasteiger partial charge in [-0.1, -0.05) is 33.1 Å². The van der Waals surface area contributed by atoms with Gasteiger partial charge in [-0.2, -0.15) is 0 Å². The van der Waals surface area contributed by atoms with E-state index < -0.39 is 0 Å². The molecule has 2 unspecified atom stereocenters. The molecule has 0 aromatic heterocycles. The zero-order valence-corrected chi connectivity index (χ0v) is 11.9. The lowest BCUT2D eigenvalue weighted by molar-refractivity contribution is 0.0639. The second-order valence-corrected chi connectivity index (χ2v) is 6.47. The number of hydrogen-bond acceptors (Lipinski definition) is 2. The van der Waals surface area contributed by atoms with Gasteiger partial charge in [0.25, 0.3) is 0 Å². The van der Waals surface area contributed by atoms with E-state index in [0.717, 1.165) is 23.9 Å². The minimum atomic E-state index is 0.720. The predicted molar refractivity (Wildman–Crippen MR) is 74.2 cm³/mol. The van der Waals surface area contributed by atoms with E-state index in [-0.39, 0.29) is 0 Å².